The summed E-state index contributed by atoms with van der Waals surface area (Å²) >= 11 is 0.827. The standard InChI is InChI=1S/C23H31N5O3S/c1-3-4-12-17(22(30)26-15-9-5-6-10-15)28(16-11-7-8-14(2)13-16)23(31)20-18(24)19(21(25)29)27-32-20/h7-8,11,13,15,17H,3-6,9-10,12,24H2,1-2H3,(H2,25,29)(H,26,30). The van der Waals surface area contributed by atoms with Crippen LogP contribution in [0.5, 0.6) is 0 Å². The first-order chi connectivity index (χ1) is 15.3. The van der Waals surface area contributed by atoms with Crippen LogP contribution < -0.4 is 21.7 Å². The van der Waals surface area contributed by atoms with Crippen LogP contribution in [0.1, 0.15) is 77.6 Å². The monoisotopic (exact) mass is 457 g/mol. The molecule has 1 heterocycles. The van der Waals surface area contributed by atoms with Crippen LogP contribution in [0.2, 0.25) is 0 Å². The number of aryl methyl sites for hydroxylation is 1. The van der Waals surface area contributed by atoms with Crippen molar-refractivity contribution in [3.05, 3.63) is 40.4 Å². The number of nitrogens with one attached hydrogen (secondary N) is 1. The first kappa shape index (κ1) is 23.7. The van der Waals surface area contributed by atoms with Crippen LogP contribution in [0.25, 0.3) is 0 Å². The molecule has 1 aliphatic rings. The van der Waals surface area contributed by atoms with E-state index < -0.39 is 17.9 Å². The van der Waals surface area contributed by atoms with Gasteiger partial charge in [-0.25, -0.2) is 0 Å². The summed E-state index contributed by atoms with van der Waals surface area (Å²) in [6, 6.07) is 6.88. The smallest absolute Gasteiger partial charge is 0.272 e. The number of unbranched alkanes of at least 4 members (excludes halogenated alkanes) is 1. The quantitative estimate of drug-likeness (QED) is 0.531. The van der Waals surface area contributed by atoms with Crippen molar-refractivity contribution in [2.45, 2.75) is 70.9 Å². The largest absolute Gasteiger partial charge is 0.395 e. The Bertz CT molecular complexity index is 984. The van der Waals surface area contributed by atoms with E-state index in [0.29, 0.717) is 12.1 Å². The van der Waals surface area contributed by atoms with Gasteiger partial charge < -0.3 is 16.8 Å². The molecule has 1 fully saturated rings. The zero-order valence-electron chi connectivity index (χ0n) is 18.6. The molecule has 8 nitrogen and oxygen atoms in total. The Hall–Kier alpha value is -2.94. The normalized spacial score (nSPS) is 14.8. The molecule has 1 unspecified atom stereocenters. The predicted octanol–water partition coefficient (Wildman–Crippen LogP) is 3.40. The average molecular weight is 458 g/mol. The number of primary amides is 1. The lowest BCUT2D eigenvalue weighted by Crippen LogP contribution is -2.52. The molecule has 0 spiro atoms. The van der Waals surface area contributed by atoms with E-state index >= 15 is 0 Å². The predicted molar refractivity (Wildman–Crippen MR) is 127 cm³/mol. The van der Waals surface area contributed by atoms with Gasteiger partial charge in [-0.3, -0.25) is 19.3 Å². The van der Waals surface area contributed by atoms with Crippen LogP contribution >= 0.6 is 11.5 Å². The van der Waals surface area contributed by atoms with Gasteiger partial charge in [-0.15, -0.1) is 0 Å². The van der Waals surface area contributed by atoms with E-state index in [0.717, 1.165) is 55.6 Å². The Balaban J connectivity index is 2.03. The first-order valence-electron chi connectivity index (χ1n) is 11.1. The van der Waals surface area contributed by atoms with E-state index in [1.807, 2.05) is 32.0 Å². The van der Waals surface area contributed by atoms with Gasteiger partial charge in [0, 0.05) is 11.7 Å². The second-order valence-electron chi connectivity index (χ2n) is 8.30. The highest BCUT2D eigenvalue weighted by atomic mass is 32.1. The van der Waals surface area contributed by atoms with Crippen molar-refractivity contribution in [3.8, 4) is 0 Å². The summed E-state index contributed by atoms with van der Waals surface area (Å²) in [6.45, 7) is 3.98. The molecule has 1 aromatic heterocycles. The summed E-state index contributed by atoms with van der Waals surface area (Å²) in [5.41, 5.74) is 12.8. The molecular weight excluding hydrogens is 426 g/mol. The van der Waals surface area contributed by atoms with Gasteiger partial charge >= 0.3 is 0 Å². The number of benzene rings is 1. The zero-order chi connectivity index (χ0) is 23.3. The first-order valence-corrected chi connectivity index (χ1v) is 11.9. The molecule has 0 radical (unpaired) electrons. The molecule has 32 heavy (non-hydrogen) atoms. The highest BCUT2D eigenvalue weighted by Crippen LogP contribution is 2.30. The summed E-state index contributed by atoms with van der Waals surface area (Å²) in [7, 11) is 0. The summed E-state index contributed by atoms with van der Waals surface area (Å²) in [5.74, 6) is -1.42. The number of rotatable bonds is 9. The number of nitrogens with zero attached hydrogens (tertiary/aromatic N) is 2. The average Bonchev–Trinajstić information content (AvgIpc) is 3.40. The lowest BCUT2D eigenvalue weighted by molar-refractivity contribution is -0.123. The number of aromatic nitrogens is 1. The number of nitrogen functional groups attached to an aromatic ring is 1. The van der Waals surface area contributed by atoms with Gasteiger partial charge in [0.25, 0.3) is 11.8 Å². The van der Waals surface area contributed by atoms with Crippen molar-refractivity contribution in [2.75, 3.05) is 10.6 Å². The Morgan fingerprint density at radius 2 is 2.00 bits per heavy atom. The maximum Gasteiger partial charge on any atom is 0.272 e. The summed E-state index contributed by atoms with van der Waals surface area (Å²) < 4.78 is 3.97. The SMILES string of the molecule is CCCCC(C(=O)NC1CCCC1)N(C(=O)c1snc(C(N)=O)c1N)c1cccc(C)c1. The molecule has 1 aliphatic carbocycles. The minimum atomic E-state index is -0.790. The number of anilines is 2. The molecule has 0 aliphatic heterocycles. The fraction of sp³-hybridized carbons (Fsp3) is 0.478. The molecule has 1 atom stereocenters. The van der Waals surface area contributed by atoms with Crippen molar-refractivity contribution in [1.29, 1.82) is 0 Å². The van der Waals surface area contributed by atoms with Crippen molar-refractivity contribution in [1.82, 2.24) is 9.69 Å². The third-order valence-corrected chi connectivity index (χ3v) is 6.65. The van der Waals surface area contributed by atoms with Gasteiger partial charge in [0.2, 0.25) is 5.91 Å². The lowest BCUT2D eigenvalue weighted by atomic mass is 10.0. The molecule has 0 saturated heterocycles. The van der Waals surface area contributed by atoms with E-state index in [4.69, 9.17) is 11.5 Å². The molecule has 1 saturated carbocycles. The number of hydrogen-bond donors (Lipinski definition) is 3. The fourth-order valence-electron chi connectivity index (χ4n) is 4.10. The van der Waals surface area contributed by atoms with Crippen LogP contribution in [-0.2, 0) is 4.79 Å². The third-order valence-electron chi connectivity index (χ3n) is 5.80. The van der Waals surface area contributed by atoms with Gasteiger partial charge in [0.15, 0.2) is 5.69 Å². The second-order valence-corrected chi connectivity index (χ2v) is 9.07. The Kier molecular flexibility index (Phi) is 7.84. The van der Waals surface area contributed by atoms with E-state index in [2.05, 4.69) is 9.69 Å². The molecule has 1 aromatic carbocycles. The highest BCUT2D eigenvalue weighted by molar-refractivity contribution is 7.09. The van der Waals surface area contributed by atoms with Gasteiger partial charge in [-0.05, 0) is 55.4 Å². The number of carbonyl (C=O) groups excluding carboxylic acids is 3. The Morgan fingerprint density at radius 1 is 1.28 bits per heavy atom. The number of carbonyl (C=O) groups is 3. The molecule has 3 rings (SSSR count). The van der Waals surface area contributed by atoms with Crippen molar-refractivity contribution < 1.29 is 14.4 Å². The third kappa shape index (κ3) is 5.27. The van der Waals surface area contributed by atoms with Gasteiger partial charge in [-0.2, -0.15) is 4.37 Å². The summed E-state index contributed by atoms with van der Waals surface area (Å²) in [6.07, 6.45) is 6.27. The minimum absolute atomic E-state index is 0.0457. The van der Waals surface area contributed by atoms with Crippen LogP contribution in [0.15, 0.2) is 24.3 Å². The van der Waals surface area contributed by atoms with Crippen LogP contribution in [-0.4, -0.2) is 34.2 Å². The van der Waals surface area contributed by atoms with Crippen LogP contribution in [0.3, 0.4) is 0 Å². The van der Waals surface area contributed by atoms with Crippen molar-refractivity contribution in [2.24, 2.45) is 5.73 Å². The topological polar surface area (TPSA) is 131 Å². The van der Waals surface area contributed by atoms with Gasteiger partial charge in [0.1, 0.15) is 10.9 Å². The number of hydrogen-bond acceptors (Lipinski definition) is 6. The van der Waals surface area contributed by atoms with E-state index in [9.17, 15) is 14.4 Å². The maximum absolute atomic E-state index is 13.7. The zero-order valence-corrected chi connectivity index (χ0v) is 19.4. The molecule has 0 bridgehead atoms. The highest BCUT2D eigenvalue weighted by Gasteiger charge is 2.35. The van der Waals surface area contributed by atoms with Crippen molar-refractivity contribution >= 4 is 40.6 Å². The number of amides is 3. The fourth-order valence-corrected chi connectivity index (χ4v) is 4.84. The Morgan fingerprint density at radius 3 is 2.59 bits per heavy atom. The number of nitrogens with two attached hydrogens (primary N) is 2. The molecule has 5 N–H and O–H groups in total. The van der Waals surface area contributed by atoms with E-state index in [1.165, 1.54) is 4.90 Å². The summed E-state index contributed by atoms with van der Waals surface area (Å²) in [5, 5.41) is 3.15. The van der Waals surface area contributed by atoms with Crippen LogP contribution in [0.4, 0.5) is 11.4 Å². The lowest BCUT2D eigenvalue weighted by Gasteiger charge is -2.32. The maximum atomic E-state index is 13.7. The molecular formula is C23H31N5O3S. The molecule has 2 aromatic rings. The molecule has 9 heteroatoms. The van der Waals surface area contributed by atoms with Gasteiger partial charge in [-0.1, -0.05) is 44.7 Å². The van der Waals surface area contributed by atoms with Crippen LogP contribution in [0, 0.1) is 6.92 Å². The van der Waals surface area contributed by atoms with E-state index in [-0.39, 0.29) is 28.2 Å². The van der Waals surface area contributed by atoms with Crippen molar-refractivity contribution in [3.63, 3.8) is 0 Å². The molecule has 172 valence electrons. The summed E-state index contributed by atoms with van der Waals surface area (Å²) in [4.78, 5) is 40.4. The van der Waals surface area contributed by atoms with E-state index in [1.54, 1.807) is 6.07 Å². The Labute approximate surface area is 192 Å². The second kappa shape index (κ2) is 10.6. The minimum Gasteiger partial charge on any atom is -0.395 e. The molecule has 3 amide bonds. The van der Waals surface area contributed by atoms with Gasteiger partial charge in [0.05, 0.1) is 5.69 Å².